The predicted octanol–water partition coefficient (Wildman–Crippen LogP) is 1.06. The lowest BCUT2D eigenvalue weighted by atomic mass is 10.3. The molecule has 0 aliphatic carbocycles. The molecular weight excluding hydrogens is 258 g/mol. The van der Waals surface area contributed by atoms with Gasteiger partial charge in [0.1, 0.15) is 10.7 Å². The number of esters is 2. The van der Waals surface area contributed by atoms with Crippen molar-refractivity contribution in [3.05, 3.63) is 34.1 Å². The second kappa shape index (κ2) is 5.34. The van der Waals surface area contributed by atoms with Gasteiger partial charge in [-0.05, 0) is 12.1 Å². The number of furan rings is 1. The van der Waals surface area contributed by atoms with Gasteiger partial charge in [0.25, 0.3) is 0 Å². The second-order valence-electron chi connectivity index (χ2n) is 3.65. The molecule has 2 heterocycles. The van der Waals surface area contributed by atoms with Crippen molar-refractivity contribution in [3.8, 4) is 0 Å². The fraction of sp³-hybridized carbons (Fsp3) is 0.273. The summed E-state index contributed by atoms with van der Waals surface area (Å²) in [4.78, 5) is 32.1. The third kappa shape index (κ3) is 3.18. The number of carbonyl (C=O) groups is 2. The third-order valence-corrected chi connectivity index (χ3v) is 2.32. The van der Waals surface area contributed by atoms with E-state index >= 15 is 0 Å². The fourth-order valence-electron chi connectivity index (χ4n) is 1.44. The summed E-state index contributed by atoms with van der Waals surface area (Å²) in [5, 5.41) is 10.4. The van der Waals surface area contributed by atoms with E-state index < -0.39 is 28.9 Å². The van der Waals surface area contributed by atoms with E-state index in [2.05, 4.69) is 4.74 Å². The number of carbonyl (C=O) groups excluding carboxylic acids is 2. The molecule has 0 spiro atoms. The van der Waals surface area contributed by atoms with E-state index in [1.165, 1.54) is 18.2 Å². The summed E-state index contributed by atoms with van der Waals surface area (Å²) in [6, 6.07) is 2.51. The Bertz CT molecular complexity index is 545. The molecule has 0 unspecified atom stereocenters. The summed E-state index contributed by atoms with van der Waals surface area (Å²) in [5.74, 6) is -1.61. The van der Waals surface area contributed by atoms with Gasteiger partial charge in [0.2, 0.25) is 6.10 Å². The average Bonchev–Trinajstić information content (AvgIpc) is 2.97. The third-order valence-electron chi connectivity index (χ3n) is 2.32. The summed E-state index contributed by atoms with van der Waals surface area (Å²) in [6.45, 7) is 0.227. The summed E-state index contributed by atoms with van der Waals surface area (Å²) >= 11 is 0. The van der Waals surface area contributed by atoms with Crippen molar-refractivity contribution in [1.29, 1.82) is 0 Å². The lowest BCUT2D eigenvalue weighted by Gasteiger charge is -2.04. The first kappa shape index (κ1) is 12.8. The van der Waals surface area contributed by atoms with Crippen LogP contribution in [-0.2, 0) is 19.1 Å². The minimum atomic E-state index is -0.886. The second-order valence-corrected chi connectivity index (χ2v) is 3.65. The van der Waals surface area contributed by atoms with Gasteiger partial charge in [-0.25, -0.2) is 9.59 Å². The van der Waals surface area contributed by atoms with Gasteiger partial charge < -0.3 is 13.9 Å². The van der Waals surface area contributed by atoms with Gasteiger partial charge in [0.15, 0.2) is 0 Å². The minimum absolute atomic E-state index is 0.137. The van der Waals surface area contributed by atoms with Crippen molar-refractivity contribution in [2.24, 2.45) is 0 Å². The molecule has 1 saturated heterocycles. The monoisotopic (exact) mass is 267 g/mol. The van der Waals surface area contributed by atoms with E-state index in [1.807, 2.05) is 0 Å². The van der Waals surface area contributed by atoms with Crippen LogP contribution in [0.4, 0.5) is 5.88 Å². The van der Waals surface area contributed by atoms with Crippen molar-refractivity contribution >= 4 is 23.9 Å². The molecule has 100 valence electrons. The van der Waals surface area contributed by atoms with Crippen LogP contribution in [0.25, 0.3) is 6.08 Å². The lowest BCUT2D eigenvalue weighted by Crippen LogP contribution is -2.21. The van der Waals surface area contributed by atoms with Gasteiger partial charge >= 0.3 is 17.8 Å². The van der Waals surface area contributed by atoms with Crippen molar-refractivity contribution < 1.29 is 28.4 Å². The number of rotatable bonds is 4. The summed E-state index contributed by atoms with van der Waals surface area (Å²) < 4.78 is 14.3. The largest absolute Gasteiger partial charge is 0.463 e. The first-order valence-corrected chi connectivity index (χ1v) is 5.36. The van der Waals surface area contributed by atoms with Crippen LogP contribution in [0.3, 0.4) is 0 Å². The highest BCUT2D eigenvalue weighted by atomic mass is 16.6. The Morgan fingerprint density at radius 1 is 1.53 bits per heavy atom. The Kier molecular flexibility index (Phi) is 3.60. The molecule has 0 N–H and O–H groups in total. The van der Waals surface area contributed by atoms with Crippen LogP contribution in [0.15, 0.2) is 22.6 Å². The molecule has 0 aromatic carbocycles. The standard InChI is InChI=1S/C11H9NO7/c13-10(19-8-5-6-17-11(8)14)4-2-7-1-3-9(18-7)12(15)16/h1-4,8H,5-6H2/b4-2+/t8-/m1/s1. The first-order valence-electron chi connectivity index (χ1n) is 5.36. The molecule has 0 amide bonds. The van der Waals surface area contributed by atoms with Crippen LogP contribution >= 0.6 is 0 Å². The lowest BCUT2D eigenvalue weighted by molar-refractivity contribution is -0.402. The maximum atomic E-state index is 11.4. The van der Waals surface area contributed by atoms with E-state index in [9.17, 15) is 19.7 Å². The highest BCUT2D eigenvalue weighted by Gasteiger charge is 2.29. The van der Waals surface area contributed by atoms with Crippen molar-refractivity contribution in [3.63, 3.8) is 0 Å². The van der Waals surface area contributed by atoms with Gasteiger partial charge in [-0.3, -0.25) is 10.1 Å². The number of nitrogens with zero attached hydrogens (tertiary/aromatic N) is 1. The molecule has 1 aromatic heterocycles. The first-order chi connectivity index (χ1) is 9.06. The smallest absolute Gasteiger partial charge is 0.433 e. The Balaban J connectivity index is 1.92. The fourth-order valence-corrected chi connectivity index (χ4v) is 1.44. The highest BCUT2D eigenvalue weighted by Crippen LogP contribution is 2.17. The average molecular weight is 267 g/mol. The molecular formula is C11H9NO7. The van der Waals surface area contributed by atoms with Gasteiger partial charge in [-0.2, -0.15) is 0 Å². The molecule has 2 rings (SSSR count). The molecule has 0 bridgehead atoms. The van der Waals surface area contributed by atoms with Crippen LogP contribution in [0, 0.1) is 10.1 Å². The molecule has 8 heteroatoms. The maximum absolute atomic E-state index is 11.4. The van der Waals surface area contributed by atoms with Crippen LogP contribution in [0.1, 0.15) is 12.2 Å². The summed E-state index contributed by atoms with van der Waals surface area (Å²) in [7, 11) is 0. The molecule has 1 fully saturated rings. The molecule has 1 aromatic rings. The van der Waals surface area contributed by atoms with Crippen molar-refractivity contribution in [2.75, 3.05) is 6.61 Å². The SMILES string of the molecule is O=C(/C=C/c1ccc([N+](=O)[O-])o1)O[C@@H]1CCOC1=O. The minimum Gasteiger partial charge on any atom is -0.463 e. The Morgan fingerprint density at radius 3 is 2.89 bits per heavy atom. The Hall–Kier alpha value is -2.64. The zero-order valence-electron chi connectivity index (χ0n) is 9.61. The van der Waals surface area contributed by atoms with E-state index in [0.29, 0.717) is 6.42 Å². The number of hydrogen-bond donors (Lipinski definition) is 0. The van der Waals surface area contributed by atoms with E-state index in [-0.39, 0.29) is 12.4 Å². The molecule has 0 radical (unpaired) electrons. The van der Waals surface area contributed by atoms with Crippen LogP contribution in [-0.4, -0.2) is 29.6 Å². The Labute approximate surface area is 106 Å². The molecule has 19 heavy (non-hydrogen) atoms. The number of cyclic esters (lactones) is 1. The maximum Gasteiger partial charge on any atom is 0.433 e. The van der Waals surface area contributed by atoms with Crippen LogP contribution in [0.2, 0.25) is 0 Å². The molecule has 1 atom stereocenters. The van der Waals surface area contributed by atoms with Gasteiger partial charge in [-0.1, -0.05) is 0 Å². The predicted molar refractivity (Wildman–Crippen MR) is 59.9 cm³/mol. The van der Waals surface area contributed by atoms with E-state index in [1.54, 1.807) is 0 Å². The molecule has 1 aliphatic rings. The van der Waals surface area contributed by atoms with Crippen LogP contribution in [0.5, 0.6) is 0 Å². The summed E-state index contributed by atoms with van der Waals surface area (Å²) in [6.07, 6.45) is 1.68. The van der Waals surface area contributed by atoms with Gasteiger partial charge in [-0.15, -0.1) is 0 Å². The normalized spacial score (nSPS) is 18.5. The quantitative estimate of drug-likeness (QED) is 0.347. The van der Waals surface area contributed by atoms with Crippen molar-refractivity contribution in [1.82, 2.24) is 0 Å². The highest BCUT2D eigenvalue weighted by molar-refractivity contribution is 5.89. The number of ether oxygens (including phenoxy) is 2. The molecule has 8 nitrogen and oxygen atoms in total. The topological polar surface area (TPSA) is 109 Å². The van der Waals surface area contributed by atoms with Crippen molar-refractivity contribution in [2.45, 2.75) is 12.5 Å². The zero-order chi connectivity index (χ0) is 13.8. The molecule has 0 saturated carbocycles. The molecule has 1 aliphatic heterocycles. The number of nitro groups is 1. The zero-order valence-corrected chi connectivity index (χ0v) is 9.61. The van der Waals surface area contributed by atoms with Gasteiger partial charge in [0.05, 0.1) is 12.7 Å². The summed E-state index contributed by atoms with van der Waals surface area (Å²) in [5.41, 5.74) is 0. The van der Waals surface area contributed by atoms with Crippen LogP contribution < -0.4 is 0 Å². The number of hydrogen-bond acceptors (Lipinski definition) is 7. The van der Waals surface area contributed by atoms with E-state index in [0.717, 1.165) is 6.08 Å². The van der Waals surface area contributed by atoms with Gasteiger partial charge in [0, 0.05) is 12.5 Å². The Morgan fingerprint density at radius 2 is 2.32 bits per heavy atom. The van der Waals surface area contributed by atoms with E-state index in [4.69, 9.17) is 9.15 Å².